The molecule has 6 rings (SSSR count). The predicted molar refractivity (Wildman–Crippen MR) is 153 cm³/mol. The van der Waals surface area contributed by atoms with Gasteiger partial charge in [0.2, 0.25) is 10.0 Å². The predicted octanol–water partition coefficient (Wildman–Crippen LogP) is 5.14. The molecule has 0 unspecified atom stereocenters. The van der Waals surface area contributed by atoms with Crippen LogP contribution in [0.3, 0.4) is 0 Å². The molecule has 10 heteroatoms. The number of aromatic nitrogens is 3. The van der Waals surface area contributed by atoms with Gasteiger partial charge in [-0.25, -0.2) is 22.8 Å². The highest BCUT2D eigenvalue weighted by atomic mass is 32.2. The maximum atomic E-state index is 13.7. The van der Waals surface area contributed by atoms with Gasteiger partial charge < -0.3 is 14.2 Å². The van der Waals surface area contributed by atoms with Crippen molar-refractivity contribution in [3.8, 4) is 22.6 Å². The maximum Gasteiger partial charge on any atom is 0.243 e. The van der Waals surface area contributed by atoms with Crippen LogP contribution in [0.5, 0.6) is 5.75 Å². The van der Waals surface area contributed by atoms with Crippen LogP contribution in [-0.2, 0) is 10.0 Å². The Labute approximate surface area is 232 Å². The number of piperazine rings is 1. The van der Waals surface area contributed by atoms with E-state index < -0.39 is 15.8 Å². The molecule has 0 N–H and O–H groups in total. The van der Waals surface area contributed by atoms with Gasteiger partial charge in [0.25, 0.3) is 0 Å². The zero-order chi connectivity index (χ0) is 27.7. The van der Waals surface area contributed by atoms with Crippen LogP contribution >= 0.6 is 0 Å². The Hall–Kier alpha value is -4.28. The fourth-order valence-electron chi connectivity index (χ4n) is 5.11. The van der Waals surface area contributed by atoms with Gasteiger partial charge in [-0.05, 0) is 55.0 Å². The van der Waals surface area contributed by atoms with Gasteiger partial charge in [0.1, 0.15) is 23.7 Å². The smallest absolute Gasteiger partial charge is 0.243 e. The second-order valence-electron chi connectivity index (χ2n) is 9.45. The quantitative estimate of drug-likeness (QED) is 0.276. The molecule has 0 saturated carbocycles. The number of ether oxygens (including phenoxy) is 1. The molecule has 1 fully saturated rings. The summed E-state index contributed by atoms with van der Waals surface area (Å²) in [6.07, 6.45) is 3.62. The Bertz CT molecular complexity index is 1750. The fourth-order valence-corrected chi connectivity index (χ4v) is 6.56. The van der Waals surface area contributed by atoms with E-state index in [9.17, 15) is 12.8 Å². The van der Waals surface area contributed by atoms with Gasteiger partial charge in [-0.3, -0.25) is 0 Å². The Balaban J connectivity index is 1.37. The van der Waals surface area contributed by atoms with E-state index in [1.807, 2.05) is 54.0 Å². The number of rotatable bonds is 7. The van der Waals surface area contributed by atoms with E-state index in [4.69, 9.17) is 4.74 Å². The van der Waals surface area contributed by atoms with Gasteiger partial charge in [0.15, 0.2) is 5.65 Å². The molecule has 0 spiro atoms. The van der Waals surface area contributed by atoms with Crippen LogP contribution in [0.4, 0.5) is 10.2 Å². The second-order valence-corrected chi connectivity index (χ2v) is 11.4. The first-order valence-corrected chi connectivity index (χ1v) is 14.5. The zero-order valence-electron chi connectivity index (χ0n) is 21.9. The van der Waals surface area contributed by atoms with Crippen molar-refractivity contribution < 1.29 is 17.5 Å². The Morgan fingerprint density at radius 2 is 1.65 bits per heavy atom. The van der Waals surface area contributed by atoms with Crippen LogP contribution in [0.1, 0.15) is 6.92 Å². The molecule has 0 aliphatic carbocycles. The second kappa shape index (κ2) is 10.7. The number of nitrogens with zero attached hydrogens (tertiary/aromatic N) is 5. The molecule has 1 aliphatic heterocycles. The summed E-state index contributed by atoms with van der Waals surface area (Å²) < 4.78 is 49.1. The highest BCUT2D eigenvalue weighted by molar-refractivity contribution is 7.89. The van der Waals surface area contributed by atoms with Crippen LogP contribution in [0.15, 0.2) is 96.3 Å². The average molecular weight is 558 g/mol. The first-order valence-electron chi connectivity index (χ1n) is 13.1. The van der Waals surface area contributed by atoms with Gasteiger partial charge in [0.05, 0.1) is 16.9 Å². The van der Waals surface area contributed by atoms with Crippen molar-refractivity contribution in [1.29, 1.82) is 0 Å². The molecular formula is C30H28FN5O3S. The third kappa shape index (κ3) is 4.80. The topological polar surface area (TPSA) is 80.6 Å². The first-order chi connectivity index (χ1) is 19.5. The summed E-state index contributed by atoms with van der Waals surface area (Å²) in [6, 6.07) is 23.1. The molecule has 0 radical (unpaired) electrons. The normalized spacial score (nSPS) is 14.5. The van der Waals surface area contributed by atoms with E-state index in [1.165, 1.54) is 22.5 Å². The van der Waals surface area contributed by atoms with Crippen LogP contribution < -0.4 is 9.64 Å². The molecule has 5 aromatic rings. The summed E-state index contributed by atoms with van der Waals surface area (Å²) in [4.78, 5) is 11.4. The van der Waals surface area contributed by atoms with Crippen LogP contribution in [0, 0.1) is 5.82 Å². The lowest BCUT2D eigenvalue weighted by atomic mass is 10.1. The van der Waals surface area contributed by atoms with Gasteiger partial charge in [0, 0.05) is 43.6 Å². The van der Waals surface area contributed by atoms with E-state index in [0.29, 0.717) is 19.7 Å². The minimum atomic E-state index is -3.80. The van der Waals surface area contributed by atoms with Gasteiger partial charge in [-0.2, -0.15) is 4.31 Å². The van der Waals surface area contributed by atoms with Crippen LogP contribution in [0.25, 0.3) is 27.8 Å². The lowest BCUT2D eigenvalue weighted by Gasteiger charge is -2.35. The monoisotopic (exact) mass is 557 g/mol. The lowest BCUT2D eigenvalue weighted by Crippen LogP contribution is -2.49. The molecule has 0 atom stereocenters. The summed E-state index contributed by atoms with van der Waals surface area (Å²) in [5.74, 6) is 0.970. The number of hydrogen-bond donors (Lipinski definition) is 0. The molecule has 204 valence electrons. The number of benzene rings is 3. The lowest BCUT2D eigenvalue weighted by molar-refractivity contribution is 0.340. The van der Waals surface area contributed by atoms with Gasteiger partial charge in [-0.1, -0.05) is 36.4 Å². The maximum absolute atomic E-state index is 13.7. The van der Waals surface area contributed by atoms with E-state index in [2.05, 4.69) is 33.2 Å². The summed E-state index contributed by atoms with van der Waals surface area (Å²) >= 11 is 0. The minimum Gasteiger partial charge on any atom is -0.494 e. The van der Waals surface area contributed by atoms with Gasteiger partial charge in [-0.15, -0.1) is 0 Å². The molecule has 0 bridgehead atoms. The summed E-state index contributed by atoms with van der Waals surface area (Å²) in [5, 5.41) is 0.893. The standard InChI is InChI=1S/C30H28FN5O3S/c1-2-39-25-13-11-24(12-14-25)36-20-27(22-7-4-3-5-8-22)28-29(32-21-33-30(28)36)34-15-17-35(18-16-34)40(37,38)26-10-6-9-23(31)19-26/h3-14,19-21H,2,15-18H2,1H3. The molecule has 1 aliphatic rings. The minimum absolute atomic E-state index is 0.0378. The first kappa shape index (κ1) is 26.0. The van der Waals surface area contributed by atoms with E-state index in [1.54, 1.807) is 6.33 Å². The summed E-state index contributed by atoms with van der Waals surface area (Å²) in [6.45, 7) is 3.92. The number of halogens is 1. The van der Waals surface area contributed by atoms with Crippen LogP contribution in [-0.4, -0.2) is 60.0 Å². The fraction of sp³-hybridized carbons (Fsp3) is 0.200. The van der Waals surface area contributed by atoms with Crippen molar-refractivity contribution in [2.45, 2.75) is 11.8 Å². The molecule has 3 heterocycles. The van der Waals surface area contributed by atoms with E-state index >= 15 is 0 Å². The van der Waals surface area contributed by atoms with Crippen LogP contribution in [0.2, 0.25) is 0 Å². The number of hydrogen-bond acceptors (Lipinski definition) is 6. The molecule has 0 amide bonds. The third-order valence-corrected chi connectivity index (χ3v) is 8.94. The highest BCUT2D eigenvalue weighted by Crippen LogP contribution is 2.37. The Morgan fingerprint density at radius 3 is 2.35 bits per heavy atom. The van der Waals surface area contributed by atoms with Crippen molar-refractivity contribution in [1.82, 2.24) is 18.8 Å². The Kier molecular flexibility index (Phi) is 6.95. The van der Waals surface area contributed by atoms with E-state index in [-0.39, 0.29) is 18.0 Å². The molecule has 8 nitrogen and oxygen atoms in total. The molecule has 2 aromatic heterocycles. The average Bonchev–Trinajstić information content (AvgIpc) is 3.38. The van der Waals surface area contributed by atoms with Gasteiger partial charge >= 0.3 is 0 Å². The summed E-state index contributed by atoms with van der Waals surface area (Å²) in [7, 11) is -3.80. The number of sulfonamides is 1. The largest absolute Gasteiger partial charge is 0.494 e. The van der Waals surface area contributed by atoms with Crippen molar-refractivity contribution >= 4 is 26.9 Å². The zero-order valence-corrected chi connectivity index (χ0v) is 22.8. The highest BCUT2D eigenvalue weighted by Gasteiger charge is 2.30. The molecular weight excluding hydrogens is 529 g/mol. The molecule has 40 heavy (non-hydrogen) atoms. The Morgan fingerprint density at radius 1 is 0.900 bits per heavy atom. The number of anilines is 1. The number of fused-ring (bicyclic) bond motifs is 1. The third-order valence-electron chi connectivity index (χ3n) is 7.05. The molecule has 1 saturated heterocycles. The van der Waals surface area contributed by atoms with Crippen molar-refractivity contribution in [2.24, 2.45) is 0 Å². The summed E-state index contributed by atoms with van der Waals surface area (Å²) in [5.41, 5.74) is 3.70. The SMILES string of the molecule is CCOc1ccc(-n2cc(-c3ccccc3)c3c(N4CCN(S(=O)(=O)c5cccc(F)c5)CC4)ncnc32)cc1. The van der Waals surface area contributed by atoms with Crippen molar-refractivity contribution in [3.05, 3.63) is 97.2 Å². The van der Waals surface area contributed by atoms with Crippen molar-refractivity contribution in [2.75, 3.05) is 37.7 Å². The molecule has 3 aromatic carbocycles. The van der Waals surface area contributed by atoms with Crippen molar-refractivity contribution in [3.63, 3.8) is 0 Å². The van der Waals surface area contributed by atoms with E-state index in [0.717, 1.165) is 45.5 Å².